The van der Waals surface area contributed by atoms with E-state index in [1.807, 2.05) is 25.7 Å². The van der Waals surface area contributed by atoms with Crippen molar-refractivity contribution >= 4 is 5.91 Å². The van der Waals surface area contributed by atoms with E-state index < -0.39 is 0 Å². The Morgan fingerprint density at radius 1 is 1.13 bits per heavy atom. The fraction of sp³-hybridized carbons (Fsp3) is 0.917. The molecule has 0 bridgehead atoms. The zero-order valence-electron chi connectivity index (χ0n) is 10.9. The summed E-state index contributed by atoms with van der Waals surface area (Å²) in [5.74, 6) is 0.273. The molecule has 0 aliphatic carbocycles. The molecule has 0 saturated carbocycles. The summed E-state index contributed by atoms with van der Waals surface area (Å²) in [6.07, 6.45) is 0. The van der Waals surface area contributed by atoms with E-state index in [1.54, 1.807) is 0 Å². The Kier molecular flexibility index (Phi) is 3.44. The molecule has 0 aromatic carbocycles. The van der Waals surface area contributed by atoms with Crippen LogP contribution in [0.5, 0.6) is 0 Å². The first kappa shape index (κ1) is 12.5. The third kappa shape index (κ3) is 2.71. The van der Waals surface area contributed by atoms with Crippen LogP contribution < -0.4 is 0 Å². The third-order valence-corrected chi connectivity index (χ3v) is 3.20. The molecule has 3 nitrogen and oxygen atoms in total. The SMILES string of the molecule is C[C@@H]1CN(C)[C@@H](C)CN1C(=O)C(C)(C)C. The average Bonchev–Trinajstić information content (AvgIpc) is 2.08. The summed E-state index contributed by atoms with van der Waals surface area (Å²) in [5.41, 5.74) is -0.260. The maximum atomic E-state index is 12.2. The summed E-state index contributed by atoms with van der Waals surface area (Å²) in [4.78, 5) is 16.5. The van der Waals surface area contributed by atoms with Gasteiger partial charge in [-0.2, -0.15) is 0 Å². The third-order valence-electron chi connectivity index (χ3n) is 3.20. The highest BCUT2D eigenvalue weighted by Crippen LogP contribution is 2.22. The topological polar surface area (TPSA) is 23.6 Å². The van der Waals surface area contributed by atoms with Gasteiger partial charge in [-0.3, -0.25) is 9.69 Å². The molecule has 0 N–H and O–H groups in total. The molecule has 0 unspecified atom stereocenters. The van der Waals surface area contributed by atoms with Crippen molar-refractivity contribution in [3.8, 4) is 0 Å². The van der Waals surface area contributed by atoms with Crippen molar-refractivity contribution in [2.24, 2.45) is 5.41 Å². The second kappa shape index (κ2) is 4.12. The highest BCUT2D eigenvalue weighted by atomic mass is 16.2. The molecular formula is C12H24N2O. The van der Waals surface area contributed by atoms with Gasteiger partial charge in [0, 0.05) is 30.6 Å². The second-order valence-electron chi connectivity index (χ2n) is 5.85. The molecule has 0 spiro atoms. The van der Waals surface area contributed by atoms with Gasteiger partial charge in [0.1, 0.15) is 0 Å². The van der Waals surface area contributed by atoms with Gasteiger partial charge in [-0.25, -0.2) is 0 Å². The van der Waals surface area contributed by atoms with E-state index in [0.717, 1.165) is 13.1 Å². The van der Waals surface area contributed by atoms with Crippen molar-refractivity contribution in [1.82, 2.24) is 9.80 Å². The average molecular weight is 212 g/mol. The van der Waals surface area contributed by atoms with Crippen LogP contribution in [0.2, 0.25) is 0 Å². The molecule has 15 heavy (non-hydrogen) atoms. The molecule has 3 heteroatoms. The van der Waals surface area contributed by atoms with E-state index in [2.05, 4.69) is 25.8 Å². The Hall–Kier alpha value is -0.570. The first-order valence-electron chi connectivity index (χ1n) is 5.74. The van der Waals surface area contributed by atoms with Crippen LogP contribution in [0.15, 0.2) is 0 Å². The number of carbonyl (C=O) groups is 1. The Labute approximate surface area is 93.4 Å². The van der Waals surface area contributed by atoms with Gasteiger partial charge in [-0.05, 0) is 20.9 Å². The minimum Gasteiger partial charge on any atom is -0.337 e. The van der Waals surface area contributed by atoms with E-state index in [-0.39, 0.29) is 11.3 Å². The van der Waals surface area contributed by atoms with Crippen LogP contribution in [-0.2, 0) is 4.79 Å². The summed E-state index contributed by atoms with van der Waals surface area (Å²) >= 11 is 0. The van der Waals surface area contributed by atoms with Crippen molar-refractivity contribution in [1.29, 1.82) is 0 Å². The van der Waals surface area contributed by atoms with Crippen molar-refractivity contribution in [3.05, 3.63) is 0 Å². The van der Waals surface area contributed by atoms with Crippen LogP contribution in [0.4, 0.5) is 0 Å². The largest absolute Gasteiger partial charge is 0.337 e. The number of carbonyl (C=O) groups excluding carboxylic acids is 1. The normalized spacial score (nSPS) is 29.3. The van der Waals surface area contributed by atoms with E-state index in [0.29, 0.717) is 12.1 Å². The van der Waals surface area contributed by atoms with Crippen LogP contribution in [0, 0.1) is 5.41 Å². The van der Waals surface area contributed by atoms with Gasteiger partial charge in [-0.15, -0.1) is 0 Å². The molecule has 2 atom stereocenters. The number of hydrogen-bond acceptors (Lipinski definition) is 2. The molecule has 0 aromatic rings. The molecule has 1 aliphatic heterocycles. The van der Waals surface area contributed by atoms with Gasteiger partial charge in [0.15, 0.2) is 0 Å². The van der Waals surface area contributed by atoms with Crippen LogP contribution >= 0.6 is 0 Å². The summed E-state index contributed by atoms with van der Waals surface area (Å²) < 4.78 is 0. The monoisotopic (exact) mass is 212 g/mol. The highest BCUT2D eigenvalue weighted by Gasteiger charge is 2.35. The van der Waals surface area contributed by atoms with Crippen LogP contribution in [0.1, 0.15) is 34.6 Å². The molecule has 0 aromatic heterocycles. The van der Waals surface area contributed by atoms with Crippen molar-refractivity contribution in [3.63, 3.8) is 0 Å². The van der Waals surface area contributed by atoms with Gasteiger partial charge in [0.05, 0.1) is 0 Å². The van der Waals surface area contributed by atoms with E-state index in [9.17, 15) is 4.79 Å². The van der Waals surface area contributed by atoms with Gasteiger partial charge < -0.3 is 4.90 Å². The maximum Gasteiger partial charge on any atom is 0.228 e. The number of piperazine rings is 1. The standard InChI is InChI=1S/C12H24N2O/c1-9-8-14(10(2)7-13(9)6)11(15)12(3,4)5/h9-10H,7-8H2,1-6H3/t9-,10+/m0/s1. The first-order valence-corrected chi connectivity index (χ1v) is 5.74. The fourth-order valence-electron chi connectivity index (χ4n) is 2.01. The van der Waals surface area contributed by atoms with Crippen molar-refractivity contribution in [2.45, 2.75) is 46.7 Å². The Morgan fingerprint density at radius 2 is 1.67 bits per heavy atom. The Bertz CT molecular complexity index is 244. The first-order chi connectivity index (χ1) is 6.73. The van der Waals surface area contributed by atoms with Crippen LogP contribution in [0.3, 0.4) is 0 Å². The molecular weight excluding hydrogens is 188 g/mol. The molecule has 1 rings (SSSR count). The Balaban J connectivity index is 2.74. The number of nitrogens with zero attached hydrogens (tertiary/aromatic N) is 2. The Morgan fingerprint density at radius 3 is 2.13 bits per heavy atom. The minimum atomic E-state index is -0.260. The molecule has 0 radical (unpaired) electrons. The molecule has 1 amide bonds. The maximum absolute atomic E-state index is 12.2. The predicted octanol–water partition coefficient (Wildman–Crippen LogP) is 1.58. The molecule has 1 heterocycles. The molecule has 1 aliphatic rings. The van der Waals surface area contributed by atoms with Crippen LogP contribution in [0.25, 0.3) is 0 Å². The lowest BCUT2D eigenvalue weighted by Crippen LogP contribution is -2.58. The van der Waals surface area contributed by atoms with Crippen molar-refractivity contribution in [2.75, 3.05) is 20.1 Å². The number of hydrogen-bond donors (Lipinski definition) is 0. The molecule has 1 fully saturated rings. The van der Waals surface area contributed by atoms with Gasteiger partial charge in [0.25, 0.3) is 0 Å². The smallest absolute Gasteiger partial charge is 0.228 e. The minimum absolute atomic E-state index is 0.260. The van der Waals surface area contributed by atoms with E-state index in [1.165, 1.54) is 0 Å². The van der Waals surface area contributed by atoms with Crippen molar-refractivity contribution < 1.29 is 4.79 Å². The highest BCUT2D eigenvalue weighted by molar-refractivity contribution is 5.82. The summed E-state index contributed by atoms with van der Waals surface area (Å²) in [6, 6.07) is 0.797. The number of likely N-dealkylation sites (N-methyl/N-ethyl adjacent to an activating group) is 1. The van der Waals surface area contributed by atoms with E-state index in [4.69, 9.17) is 0 Å². The second-order valence-corrected chi connectivity index (χ2v) is 5.85. The number of amides is 1. The van der Waals surface area contributed by atoms with Gasteiger partial charge >= 0.3 is 0 Å². The lowest BCUT2D eigenvalue weighted by atomic mass is 9.93. The van der Waals surface area contributed by atoms with Gasteiger partial charge in [-0.1, -0.05) is 20.8 Å². The summed E-state index contributed by atoms with van der Waals surface area (Å²) in [7, 11) is 2.13. The van der Waals surface area contributed by atoms with Crippen LogP contribution in [-0.4, -0.2) is 47.9 Å². The quantitative estimate of drug-likeness (QED) is 0.609. The molecule has 88 valence electrons. The van der Waals surface area contributed by atoms with E-state index >= 15 is 0 Å². The zero-order valence-corrected chi connectivity index (χ0v) is 10.9. The molecule has 1 saturated heterocycles. The zero-order chi connectivity index (χ0) is 11.8. The van der Waals surface area contributed by atoms with Gasteiger partial charge in [0.2, 0.25) is 5.91 Å². The summed E-state index contributed by atoms with van der Waals surface area (Å²) in [6.45, 7) is 12.1. The lowest BCUT2D eigenvalue weighted by molar-refractivity contribution is -0.145. The lowest BCUT2D eigenvalue weighted by Gasteiger charge is -2.44. The predicted molar refractivity (Wildman–Crippen MR) is 62.7 cm³/mol. The summed E-state index contributed by atoms with van der Waals surface area (Å²) in [5, 5.41) is 0. The number of rotatable bonds is 0. The fourth-order valence-corrected chi connectivity index (χ4v) is 2.01.